The molecule has 0 radical (unpaired) electrons. The summed E-state index contributed by atoms with van der Waals surface area (Å²) in [7, 11) is -0.793. The van der Waals surface area contributed by atoms with Crippen molar-refractivity contribution in [3.63, 3.8) is 0 Å². The van der Waals surface area contributed by atoms with Gasteiger partial charge in [-0.15, -0.1) is 0 Å². The van der Waals surface area contributed by atoms with E-state index in [4.69, 9.17) is 4.98 Å². The Morgan fingerprint density at radius 1 is 1.19 bits per heavy atom. The van der Waals surface area contributed by atoms with Gasteiger partial charge in [-0.3, -0.25) is 4.79 Å². The molecule has 0 bridgehead atoms. The molecule has 1 saturated carbocycles. The Kier molecular flexibility index (Phi) is 5.37. The van der Waals surface area contributed by atoms with Crippen LogP contribution in [0.5, 0.6) is 0 Å². The summed E-state index contributed by atoms with van der Waals surface area (Å²) in [5.74, 6) is -0.0340. The van der Waals surface area contributed by atoms with Gasteiger partial charge in [0, 0.05) is 25.7 Å². The van der Waals surface area contributed by atoms with E-state index < -0.39 is 10.0 Å². The SMILES string of the molecule is Cc1nn(C(C)(C)C)c2nc(C3CC3)cc(C(=O)Nc3ccccc3S(=O)(=O)N(C)C)c12. The number of pyridine rings is 1. The number of fused-ring (bicyclic) bond motifs is 1. The van der Waals surface area contributed by atoms with Gasteiger partial charge in [0.1, 0.15) is 4.90 Å². The van der Waals surface area contributed by atoms with E-state index in [1.165, 1.54) is 20.2 Å². The second-order valence-corrected chi connectivity index (χ2v) is 11.6. The smallest absolute Gasteiger partial charge is 0.256 e. The third-order valence-corrected chi connectivity index (χ3v) is 7.48. The zero-order valence-electron chi connectivity index (χ0n) is 19.3. The third kappa shape index (κ3) is 3.91. The van der Waals surface area contributed by atoms with Crippen molar-refractivity contribution in [2.24, 2.45) is 0 Å². The summed E-state index contributed by atoms with van der Waals surface area (Å²) in [5, 5.41) is 8.21. The molecule has 1 aliphatic rings. The van der Waals surface area contributed by atoms with Crippen molar-refractivity contribution in [1.82, 2.24) is 19.1 Å². The largest absolute Gasteiger partial charge is 0.321 e. The van der Waals surface area contributed by atoms with E-state index in [0.717, 1.165) is 22.8 Å². The van der Waals surface area contributed by atoms with Crippen molar-refractivity contribution in [2.75, 3.05) is 19.4 Å². The van der Waals surface area contributed by atoms with Crippen LogP contribution < -0.4 is 5.32 Å². The molecular weight excluding hydrogens is 426 g/mol. The second kappa shape index (κ2) is 7.67. The molecule has 170 valence electrons. The molecule has 2 heterocycles. The number of carbonyl (C=O) groups excluding carboxylic acids is 1. The minimum absolute atomic E-state index is 0.0492. The highest BCUT2D eigenvalue weighted by Crippen LogP contribution is 2.41. The van der Waals surface area contributed by atoms with E-state index >= 15 is 0 Å². The molecule has 0 aliphatic heterocycles. The van der Waals surface area contributed by atoms with Gasteiger partial charge in [-0.05, 0) is 58.7 Å². The number of carbonyl (C=O) groups is 1. The Hall–Kier alpha value is -2.78. The molecule has 32 heavy (non-hydrogen) atoms. The monoisotopic (exact) mass is 455 g/mol. The van der Waals surface area contributed by atoms with Gasteiger partial charge in [-0.25, -0.2) is 22.4 Å². The summed E-state index contributed by atoms with van der Waals surface area (Å²) in [5.41, 5.74) is 2.67. The van der Waals surface area contributed by atoms with E-state index in [-0.39, 0.29) is 22.0 Å². The fourth-order valence-corrected chi connectivity index (χ4v) is 4.77. The summed E-state index contributed by atoms with van der Waals surface area (Å²) in [4.78, 5) is 18.4. The molecule has 0 spiro atoms. The van der Waals surface area contributed by atoms with Gasteiger partial charge in [0.2, 0.25) is 10.0 Å². The van der Waals surface area contributed by atoms with Gasteiger partial charge in [0.15, 0.2) is 5.65 Å². The highest BCUT2D eigenvalue weighted by Gasteiger charge is 2.31. The standard InChI is InChI=1S/C23H29N5O3S/c1-14-20-16(13-18(15-11-12-15)24-21(20)28(26-14)23(2,3)4)22(29)25-17-9-7-8-10-19(17)32(30,31)27(5)6/h7-10,13,15H,11-12H2,1-6H3,(H,25,29). The minimum atomic E-state index is -3.72. The van der Waals surface area contributed by atoms with Crippen molar-refractivity contribution < 1.29 is 13.2 Å². The Morgan fingerprint density at radius 3 is 2.44 bits per heavy atom. The molecule has 8 nitrogen and oxygen atoms in total. The molecule has 1 N–H and O–H groups in total. The first-order valence-electron chi connectivity index (χ1n) is 10.6. The number of para-hydroxylation sites is 1. The number of benzene rings is 1. The number of aromatic nitrogens is 3. The average molecular weight is 456 g/mol. The van der Waals surface area contributed by atoms with E-state index in [0.29, 0.717) is 28.2 Å². The second-order valence-electron chi connectivity index (χ2n) is 9.47. The van der Waals surface area contributed by atoms with Crippen molar-refractivity contribution >= 4 is 32.7 Å². The molecule has 1 aromatic carbocycles. The Balaban J connectivity index is 1.85. The summed E-state index contributed by atoms with van der Waals surface area (Å²) in [6.45, 7) is 8.01. The van der Waals surface area contributed by atoms with Crippen LogP contribution in [0.15, 0.2) is 35.2 Å². The Labute approximate surface area is 188 Å². The molecule has 1 aliphatic carbocycles. The highest BCUT2D eigenvalue weighted by atomic mass is 32.2. The number of amides is 1. The highest BCUT2D eigenvalue weighted by molar-refractivity contribution is 7.89. The van der Waals surface area contributed by atoms with Crippen molar-refractivity contribution in [1.29, 1.82) is 0 Å². The molecular formula is C23H29N5O3S. The first-order chi connectivity index (χ1) is 14.9. The zero-order chi connectivity index (χ0) is 23.4. The van der Waals surface area contributed by atoms with Gasteiger partial charge in [0.05, 0.1) is 27.9 Å². The number of hydrogen-bond acceptors (Lipinski definition) is 5. The molecule has 3 aromatic rings. The van der Waals surface area contributed by atoms with Crippen molar-refractivity contribution in [3.05, 3.63) is 47.3 Å². The molecule has 0 atom stereocenters. The molecule has 2 aromatic heterocycles. The number of aryl methyl sites for hydroxylation is 1. The molecule has 1 amide bonds. The quantitative estimate of drug-likeness (QED) is 0.630. The van der Waals surface area contributed by atoms with E-state index in [9.17, 15) is 13.2 Å². The third-order valence-electron chi connectivity index (χ3n) is 5.60. The summed E-state index contributed by atoms with van der Waals surface area (Å²) >= 11 is 0. The Morgan fingerprint density at radius 2 is 1.84 bits per heavy atom. The molecule has 9 heteroatoms. The lowest BCUT2D eigenvalue weighted by Crippen LogP contribution is -2.24. The fourth-order valence-electron chi connectivity index (χ4n) is 3.72. The maximum atomic E-state index is 13.5. The number of anilines is 1. The van der Waals surface area contributed by atoms with Crippen LogP contribution in [0.3, 0.4) is 0 Å². The van der Waals surface area contributed by atoms with Crippen LogP contribution in [0.1, 0.15) is 61.3 Å². The number of hydrogen-bond donors (Lipinski definition) is 1. The Bertz CT molecular complexity index is 1320. The normalized spacial score (nSPS) is 14.8. The predicted octanol–water partition coefficient (Wildman–Crippen LogP) is 3.87. The van der Waals surface area contributed by atoms with Crippen molar-refractivity contribution in [2.45, 2.75) is 56.9 Å². The van der Waals surface area contributed by atoms with Gasteiger partial charge in [-0.1, -0.05) is 12.1 Å². The van der Waals surface area contributed by atoms with Crippen LogP contribution in [0.2, 0.25) is 0 Å². The van der Waals surface area contributed by atoms with Crippen LogP contribution in [0.25, 0.3) is 11.0 Å². The van der Waals surface area contributed by atoms with Crippen molar-refractivity contribution in [3.8, 4) is 0 Å². The lowest BCUT2D eigenvalue weighted by Gasteiger charge is -2.20. The molecule has 0 unspecified atom stereocenters. The minimum Gasteiger partial charge on any atom is -0.321 e. The van der Waals surface area contributed by atoms with Crippen LogP contribution >= 0.6 is 0 Å². The summed E-state index contributed by atoms with van der Waals surface area (Å²) < 4.78 is 28.5. The number of sulfonamides is 1. The molecule has 1 fully saturated rings. The van der Waals surface area contributed by atoms with Gasteiger partial charge in [-0.2, -0.15) is 5.10 Å². The molecule has 0 saturated heterocycles. The number of nitrogens with one attached hydrogen (secondary N) is 1. The zero-order valence-corrected chi connectivity index (χ0v) is 20.1. The summed E-state index contributed by atoms with van der Waals surface area (Å²) in [6, 6.07) is 8.26. The first-order valence-corrected chi connectivity index (χ1v) is 12.1. The lowest BCUT2D eigenvalue weighted by molar-refractivity contribution is 0.102. The molecule has 4 rings (SSSR count). The van der Waals surface area contributed by atoms with E-state index in [2.05, 4.69) is 10.4 Å². The fraction of sp³-hybridized carbons (Fsp3) is 0.435. The van der Waals surface area contributed by atoms with Crippen LogP contribution in [-0.2, 0) is 15.6 Å². The lowest BCUT2D eigenvalue weighted by atomic mass is 10.1. The maximum absolute atomic E-state index is 13.5. The van der Waals surface area contributed by atoms with Gasteiger partial charge in [0.25, 0.3) is 5.91 Å². The van der Waals surface area contributed by atoms with Crippen LogP contribution in [-0.4, -0.2) is 47.5 Å². The maximum Gasteiger partial charge on any atom is 0.256 e. The van der Waals surface area contributed by atoms with Gasteiger partial charge >= 0.3 is 0 Å². The number of nitrogens with zero attached hydrogens (tertiary/aromatic N) is 4. The number of rotatable bonds is 5. The average Bonchev–Trinajstić information content (AvgIpc) is 3.50. The van der Waals surface area contributed by atoms with E-state index in [1.807, 2.05) is 38.4 Å². The topological polar surface area (TPSA) is 97.2 Å². The first kappa shape index (κ1) is 22.4. The van der Waals surface area contributed by atoms with Crippen LogP contribution in [0, 0.1) is 6.92 Å². The van der Waals surface area contributed by atoms with Crippen LogP contribution in [0.4, 0.5) is 5.69 Å². The summed E-state index contributed by atoms with van der Waals surface area (Å²) in [6.07, 6.45) is 2.10. The predicted molar refractivity (Wildman–Crippen MR) is 125 cm³/mol. The van der Waals surface area contributed by atoms with Gasteiger partial charge < -0.3 is 5.32 Å². The van der Waals surface area contributed by atoms with E-state index in [1.54, 1.807) is 18.2 Å².